The van der Waals surface area contributed by atoms with Crippen molar-refractivity contribution in [2.24, 2.45) is 0 Å². The average molecular weight is 847 g/mol. The van der Waals surface area contributed by atoms with Crippen LogP contribution in [0.4, 0.5) is 0 Å². The largest absolute Gasteiger partial charge is 0.507 e. The summed E-state index contributed by atoms with van der Waals surface area (Å²) < 4.78 is 0. The topological polar surface area (TPSA) is 80.9 Å². The summed E-state index contributed by atoms with van der Waals surface area (Å²) >= 11 is 0. The fraction of sp³-hybridized carbons (Fsp3) is 0.586. The van der Waals surface area contributed by atoms with Crippen LogP contribution in [0.2, 0.25) is 0 Å². The Morgan fingerprint density at radius 2 is 0.403 bits per heavy atom. The number of phenolic OH excluding ortho intramolecular Hbond substituents is 4. The van der Waals surface area contributed by atoms with Gasteiger partial charge in [-0.15, -0.1) is 0 Å². The molecule has 4 nitrogen and oxygen atoms in total. The lowest BCUT2D eigenvalue weighted by molar-refractivity contribution is 0.416. The maximum atomic E-state index is 12.3. The highest BCUT2D eigenvalue weighted by atomic mass is 16.3. The zero-order chi connectivity index (χ0) is 48.1. The first-order valence-corrected chi connectivity index (χ1v) is 23.0. The van der Waals surface area contributed by atoms with E-state index in [1.54, 1.807) is 0 Å². The molecule has 342 valence electrons. The first-order valence-electron chi connectivity index (χ1n) is 23.0. The van der Waals surface area contributed by atoms with E-state index in [2.05, 4.69) is 215 Å². The molecule has 4 rings (SSSR count). The summed E-state index contributed by atoms with van der Waals surface area (Å²) in [5.74, 6) is 1.26. The van der Waals surface area contributed by atoms with Gasteiger partial charge in [0, 0.05) is 5.41 Å². The zero-order valence-electron chi connectivity index (χ0n) is 43.6. The number of hydrogen-bond acceptors (Lipinski definition) is 4. The van der Waals surface area contributed by atoms with Crippen LogP contribution in [0, 0.1) is 0 Å². The highest BCUT2D eigenvalue weighted by Gasteiger charge is 2.44. The lowest BCUT2D eigenvalue weighted by Gasteiger charge is -2.42. The van der Waals surface area contributed by atoms with Crippen molar-refractivity contribution in [1.29, 1.82) is 0 Å². The molecule has 0 atom stereocenters. The highest BCUT2D eigenvalue weighted by molar-refractivity contribution is 5.65. The van der Waals surface area contributed by atoms with Crippen LogP contribution in [0.1, 0.15) is 233 Å². The molecule has 0 fully saturated rings. The molecule has 0 radical (unpaired) electrons. The van der Waals surface area contributed by atoms with E-state index in [1.165, 1.54) is 0 Å². The van der Waals surface area contributed by atoms with Crippen molar-refractivity contribution in [3.63, 3.8) is 0 Å². The number of rotatable bonds is 5. The maximum absolute atomic E-state index is 12.3. The minimum absolute atomic E-state index is 0.310. The maximum Gasteiger partial charge on any atom is 0.123 e. The third-order valence-electron chi connectivity index (χ3n) is 12.9. The minimum atomic E-state index is -0.976. The standard InChI is InChI=1S/C58H86O4/c1-50(2,3)38-25-34(26-39(46(38)59)51(4,5)6)33-58(35-27-40(52(7,8)9)47(60)41(28-35)53(10,11)12,36-29-42(54(13,14)15)48(61)43(30-36)55(16,17)18)37-31-44(56(19,20)21)49(62)45(32-37)57(22,23)24/h25-32,59-62H,33H2,1-24H3. The summed E-state index contributed by atoms with van der Waals surface area (Å²) in [6, 6.07) is 17.8. The number of hydrogen-bond donors (Lipinski definition) is 4. The molecule has 0 aliphatic carbocycles. The lowest BCUT2D eigenvalue weighted by Crippen LogP contribution is -2.36. The van der Waals surface area contributed by atoms with E-state index in [9.17, 15) is 20.4 Å². The van der Waals surface area contributed by atoms with Gasteiger partial charge in [-0.2, -0.15) is 0 Å². The van der Waals surface area contributed by atoms with Crippen molar-refractivity contribution in [1.82, 2.24) is 0 Å². The summed E-state index contributed by atoms with van der Waals surface area (Å²) in [5.41, 5.74) is 6.79. The molecule has 0 aromatic heterocycles. The van der Waals surface area contributed by atoms with Gasteiger partial charge in [0.1, 0.15) is 23.0 Å². The van der Waals surface area contributed by atoms with E-state index in [4.69, 9.17) is 0 Å². The number of benzene rings is 4. The average Bonchev–Trinajstić information content (AvgIpc) is 3.04. The van der Waals surface area contributed by atoms with Gasteiger partial charge in [0.15, 0.2) is 0 Å². The van der Waals surface area contributed by atoms with Crippen molar-refractivity contribution in [3.8, 4) is 23.0 Å². The molecule has 0 aliphatic rings. The van der Waals surface area contributed by atoms with Gasteiger partial charge in [-0.05, 0) is 117 Å². The molecule has 4 aromatic rings. The Kier molecular flexibility index (Phi) is 12.8. The molecule has 0 saturated carbocycles. The first-order chi connectivity index (χ1) is 27.4. The predicted octanol–water partition coefficient (Wildman–Crippen LogP) is 15.5. The molecule has 62 heavy (non-hydrogen) atoms. The van der Waals surface area contributed by atoms with Gasteiger partial charge in [-0.3, -0.25) is 0 Å². The molecule has 4 N–H and O–H groups in total. The van der Waals surface area contributed by atoms with Crippen LogP contribution in [0.25, 0.3) is 0 Å². The fourth-order valence-electron chi connectivity index (χ4n) is 9.13. The fourth-order valence-corrected chi connectivity index (χ4v) is 9.13. The van der Waals surface area contributed by atoms with Crippen molar-refractivity contribution < 1.29 is 20.4 Å². The number of aromatic hydroxyl groups is 4. The Morgan fingerprint density at radius 1 is 0.258 bits per heavy atom. The van der Waals surface area contributed by atoms with Crippen LogP contribution in [0.15, 0.2) is 48.5 Å². The summed E-state index contributed by atoms with van der Waals surface area (Å²) in [4.78, 5) is 0. The Hall–Kier alpha value is -3.92. The second-order valence-electron chi connectivity index (χ2n) is 26.9. The summed E-state index contributed by atoms with van der Waals surface area (Å²) in [6.07, 6.45) is 0.479. The van der Waals surface area contributed by atoms with E-state index in [0.717, 1.165) is 66.8 Å². The summed E-state index contributed by atoms with van der Waals surface area (Å²) in [5, 5.41) is 49.1. The van der Waals surface area contributed by atoms with Crippen LogP contribution in [0.5, 0.6) is 23.0 Å². The molecule has 4 heteroatoms. The van der Waals surface area contributed by atoms with E-state index in [1.807, 2.05) is 0 Å². The Morgan fingerprint density at radius 3 is 0.548 bits per heavy atom. The highest BCUT2D eigenvalue weighted by Crippen LogP contribution is 2.54. The second-order valence-corrected chi connectivity index (χ2v) is 26.9. The molecular formula is C58H86O4. The first kappa shape index (κ1) is 50.7. The summed E-state index contributed by atoms with van der Waals surface area (Å²) in [6.45, 7) is 51.9. The van der Waals surface area contributed by atoms with Gasteiger partial charge in [0.2, 0.25) is 0 Å². The molecule has 0 heterocycles. The molecule has 0 unspecified atom stereocenters. The van der Waals surface area contributed by atoms with Gasteiger partial charge >= 0.3 is 0 Å². The van der Waals surface area contributed by atoms with Crippen LogP contribution in [0.3, 0.4) is 0 Å². The molecule has 0 spiro atoms. The van der Waals surface area contributed by atoms with E-state index in [-0.39, 0.29) is 10.8 Å². The number of phenols is 4. The van der Waals surface area contributed by atoms with Gasteiger partial charge < -0.3 is 20.4 Å². The zero-order valence-corrected chi connectivity index (χ0v) is 43.6. The van der Waals surface area contributed by atoms with Gasteiger partial charge in [0.05, 0.1) is 0 Å². The molecule has 0 amide bonds. The third kappa shape index (κ3) is 9.90. The van der Waals surface area contributed by atoms with Gasteiger partial charge in [-0.25, -0.2) is 0 Å². The second kappa shape index (κ2) is 15.7. The minimum Gasteiger partial charge on any atom is -0.507 e. The van der Waals surface area contributed by atoms with Crippen LogP contribution < -0.4 is 0 Å². The van der Waals surface area contributed by atoms with E-state index >= 15 is 0 Å². The van der Waals surface area contributed by atoms with Crippen molar-refractivity contribution in [2.75, 3.05) is 0 Å². The van der Waals surface area contributed by atoms with Crippen LogP contribution in [-0.2, 0) is 55.2 Å². The molecule has 0 aliphatic heterocycles. The predicted molar refractivity (Wildman–Crippen MR) is 266 cm³/mol. The Bertz CT molecular complexity index is 1980. The molecule has 0 bridgehead atoms. The quantitative estimate of drug-likeness (QED) is 0.151. The van der Waals surface area contributed by atoms with E-state index in [0.29, 0.717) is 29.4 Å². The monoisotopic (exact) mass is 847 g/mol. The van der Waals surface area contributed by atoms with Crippen molar-refractivity contribution in [3.05, 3.63) is 115 Å². The van der Waals surface area contributed by atoms with Crippen molar-refractivity contribution >= 4 is 0 Å². The molecule has 0 saturated heterocycles. The molecule has 4 aromatic carbocycles. The van der Waals surface area contributed by atoms with Gasteiger partial charge in [0.25, 0.3) is 0 Å². The van der Waals surface area contributed by atoms with Crippen LogP contribution in [-0.4, -0.2) is 20.4 Å². The Labute approximate surface area is 378 Å². The lowest BCUT2D eigenvalue weighted by atomic mass is 9.61. The molecular weight excluding hydrogens is 761 g/mol. The summed E-state index contributed by atoms with van der Waals surface area (Å²) in [7, 11) is 0. The van der Waals surface area contributed by atoms with E-state index < -0.39 is 37.9 Å². The van der Waals surface area contributed by atoms with Crippen molar-refractivity contribution in [2.45, 2.75) is 221 Å². The van der Waals surface area contributed by atoms with Gasteiger partial charge in [-0.1, -0.05) is 215 Å². The Balaban J connectivity index is 2.61. The smallest absolute Gasteiger partial charge is 0.123 e. The van der Waals surface area contributed by atoms with Crippen LogP contribution >= 0.6 is 0 Å². The normalized spacial score (nSPS) is 14.1. The SMILES string of the molecule is CC(C)(C)c1cc(CC(c2cc(C(C)(C)C)c(O)c(C(C)(C)C)c2)(c2cc(C(C)(C)C)c(O)c(C(C)(C)C)c2)c2cc(C(C)(C)C)c(O)c(C(C)(C)C)c2)cc(C(C)(C)C)c1O. The third-order valence-corrected chi connectivity index (χ3v) is 12.9.